The Morgan fingerprint density at radius 2 is 2.06 bits per heavy atom. The maximum absolute atomic E-state index is 12.1. The summed E-state index contributed by atoms with van der Waals surface area (Å²) >= 11 is 0. The molecule has 0 radical (unpaired) electrons. The first-order valence-electron chi connectivity index (χ1n) is 6.12. The molecular formula is C14H22N2O2. The van der Waals surface area contributed by atoms with Crippen molar-refractivity contribution in [3.05, 3.63) is 23.8 Å². The second kappa shape index (κ2) is 5.87. The minimum atomic E-state index is -0.582. The highest BCUT2D eigenvalue weighted by molar-refractivity contribution is 5.98. The largest absolute Gasteiger partial charge is 0.497 e. The van der Waals surface area contributed by atoms with Crippen LogP contribution in [0.2, 0.25) is 0 Å². The predicted octanol–water partition coefficient (Wildman–Crippen LogP) is 2.33. The summed E-state index contributed by atoms with van der Waals surface area (Å²) in [7, 11) is 1.63. The van der Waals surface area contributed by atoms with Crippen molar-refractivity contribution in [2.45, 2.75) is 33.2 Å². The van der Waals surface area contributed by atoms with Crippen molar-refractivity contribution in [1.29, 1.82) is 0 Å². The predicted molar refractivity (Wildman–Crippen MR) is 74.1 cm³/mol. The van der Waals surface area contributed by atoms with Gasteiger partial charge in [-0.25, -0.2) is 0 Å². The zero-order valence-electron chi connectivity index (χ0n) is 11.8. The van der Waals surface area contributed by atoms with Crippen LogP contribution in [-0.2, 0) is 4.79 Å². The molecule has 4 heteroatoms. The molecule has 18 heavy (non-hydrogen) atoms. The molecule has 0 unspecified atom stereocenters. The van der Waals surface area contributed by atoms with E-state index in [1.54, 1.807) is 7.11 Å². The lowest BCUT2D eigenvalue weighted by atomic mass is 10.0. The van der Waals surface area contributed by atoms with Crippen molar-refractivity contribution in [2.75, 3.05) is 19.0 Å². The van der Waals surface area contributed by atoms with Crippen LogP contribution in [0.3, 0.4) is 0 Å². The normalized spacial score (nSPS) is 11.2. The van der Waals surface area contributed by atoms with Gasteiger partial charge in [-0.15, -0.1) is 0 Å². The lowest BCUT2D eigenvalue weighted by molar-refractivity contribution is -0.121. The number of aryl methyl sites for hydroxylation is 1. The summed E-state index contributed by atoms with van der Waals surface area (Å²) in [6.45, 7) is 8.41. The number of carbonyl (C=O) groups excluding carboxylic acids is 1. The lowest BCUT2D eigenvalue weighted by Crippen LogP contribution is -2.49. The van der Waals surface area contributed by atoms with E-state index in [-0.39, 0.29) is 5.91 Å². The highest BCUT2D eigenvalue weighted by Gasteiger charge is 2.26. The van der Waals surface area contributed by atoms with Gasteiger partial charge in [0.25, 0.3) is 0 Å². The molecule has 0 atom stereocenters. The van der Waals surface area contributed by atoms with Crippen LogP contribution in [0.25, 0.3) is 0 Å². The molecule has 0 spiro atoms. The van der Waals surface area contributed by atoms with Gasteiger partial charge in [-0.3, -0.25) is 4.79 Å². The lowest BCUT2D eigenvalue weighted by Gasteiger charge is -2.25. The van der Waals surface area contributed by atoms with Crippen molar-refractivity contribution in [2.24, 2.45) is 0 Å². The summed E-state index contributed by atoms with van der Waals surface area (Å²) in [5.41, 5.74) is 1.21. The van der Waals surface area contributed by atoms with Crippen molar-refractivity contribution in [1.82, 2.24) is 5.32 Å². The zero-order valence-corrected chi connectivity index (χ0v) is 11.8. The molecule has 1 aromatic carbocycles. The van der Waals surface area contributed by atoms with Crippen molar-refractivity contribution in [3.63, 3.8) is 0 Å². The number of hydrogen-bond donors (Lipinski definition) is 2. The molecule has 2 N–H and O–H groups in total. The first-order chi connectivity index (χ1) is 8.40. The Balaban J connectivity index is 2.82. The van der Waals surface area contributed by atoms with Crippen LogP contribution in [0.15, 0.2) is 18.2 Å². The molecule has 1 rings (SSSR count). The maximum Gasteiger partial charge on any atom is 0.244 e. The number of anilines is 1. The summed E-state index contributed by atoms with van der Waals surface area (Å²) in [5.74, 6) is 0.744. The van der Waals surface area contributed by atoms with Crippen molar-refractivity contribution < 1.29 is 9.53 Å². The first kappa shape index (κ1) is 14.5. The van der Waals surface area contributed by atoms with Crippen LogP contribution in [-0.4, -0.2) is 25.1 Å². The molecule has 100 valence electrons. The maximum atomic E-state index is 12.1. The molecule has 0 aliphatic rings. The van der Waals surface area contributed by atoms with E-state index >= 15 is 0 Å². The average Bonchev–Trinajstić information content (AvgIpc) is 2.31. The van der Waals surface area contributed by atoms with Gasteiger partial charge in [-0.05, 0) is 51.1 Å². The van der Waals surface area contributed by atoms with Crippen LogP contribution in [0.1, 0.15) is 26.3 Å². The number of carbonyl (C=O) groups is 1. The molecule has 0 bridgehead atoms. The Labute approximate surface area is 109 Å². The fraction of sp³-hybridized carbons (Fsp3) is 0.500. The summed E-state index contributed by atoms with van der Waals surface area (Å²) in [5, 5.41) is 6.08. The fourth-order valence-corrected chi connectivity index (χ4v) is 1.70. The molecule has 0 fully saturated rings. The van der Waals surface area contributed by atoms with Crippen LogP contribution >= 0.6 is 0 Å². The molecule has 0 saturated carbocycles. The van der Waals surface area contributed by atoms with E-state index in [1.807, 2.05) is 45.9 Å². The van der Waals surface area contributed by atoms with Gasteiger partial charge in [-0.1, -0.05) is 6.92 Å². The van der Waals surface area contributed by atoms with E-state index in [0.717, 1.165) is 23.5 Å². The molecular weight excluding hydrogens is 228 g/mol. The summed E-state index contributed by atoms with van der Waals surface area (Å²) in [6, 6.07) is 5.59. The molecule has 0 aromatic heterocycles. The number of rotatable bonds is 5. The van der Waals surface area contributed by atoms with E-state index in [0.29, 0.717) is 0 Å². The molecule has 0 aliphatic carbocycles. The van der Waals surface area contributed by atoms with Gasteiger partial charge in [0, 0.05) is 5.69 Å². The van der Waals surface area contributed by atoms with Crippen LogP contribution < -0.4 is 15.4 Å². The fourth-order valence-electron chi connectivity index (χ4n) is 1.70. The topological polar surface area (TPSA) is 50.4 Å². The highest BCUT2D eigenvalue weighted by Crippen LogP contribution is 2.21. The molecule has 4 nitrogen and oxygen atoms in total. The number of benzene rings is 1. The van der Waals surface area contributed by atoms with E-state index in [2.05, 4.69) is 10.6 Å². The molecule has 1 amide bonds. The standard InChI is InChI=1S/C14H22N2O2/c1-6-15-14(3,4)13(17)16-12-8-7-11(18-5)9-10(12)2/h7-9,15H,6H2,1-5H3,(H,16,17). The summed E-state index contributed by atoms with van der Waals surface area (Å²) < 4.78 is 5.14. The molecule has 0 heterocycles. The van der Waals surface area contributed by atoms with Crippen LogP contribution in [0.5, 0.6) is 5.75 Å². The quantitative estimate of drug-likeness (QED) is 0.843. The second-order valence-corrected chi connectivity index (χ2v) is 4.79. The van der Waals surface area contributed by atoms with Crippen molar-refractivity contribution in [3.8, 4) is 5.75 Å². The van der Waals surface area contributed by atoms with E-state index in [1.165, 1.54) is 0 Å². The van der Waals surface area contributed by atoms with Gasteiger partial charge in [0.05, 0.1) is 12.6 Å². The smallest absolute Gasteiger partial charge is 0.244 e. The average molecular weight is 250 g/mol. The van der Waals surface area contributed by atoms with Crippen LogP contribution in [0, 0.1) is 6.92 Å². The van der Waals surface area contributed by atoms with E-state index in [4.69, 9.17) is 4.74 Å². The Morgan fingerprint density at radius 1 is 1.39 bits per heavy atom. The van der Waals surface area contributed by atoms with Gasteiger partial charge >= 0.3 is 0 Å². The van der Waals surface area contributed by atoms with Crippen molar-refractivity contribution >= 4 is 11.6 Å². The summed E-state index contributed by atoms with van der Waals surface area (Å²) in [4.78, 5) is 12.1. The Bertz CT molecular complexity index is 428. The highest BCUT2D eigenvalue weighted by atomic mass is 16.5. The number of nitrogens with one attached hydrogen (secondary N) is 2. The minimum Gasteiger partial charge on any atom is -0.497 e. The van der Waals surface area contributed by atoms with Gasteiger partial charge in [0.15, 0.2) is 0 Å². The zero-order chi connectivity index (χ0) is 13.8. The van der Waals surface area contributed by atoms with Gasteiger partial charge in [0.2, 0.25) is 5.91 Å². The van der Waals surface area contributed by atoms with E-state index < -0.39 is 5.54 Å². The Hall–Kier alpha value is -1.55. The molecule has 1 aromatic rings. The molecule has 0 aliphatic heterocycles. The Morgan fingerprint density at radius 3 is 2.56 bits per heavy atom. The first-order valence-corrected chi connectivity index (χ1v) is 6.12. The second-order valence-electron chi connectivity index (χ2n) is 4.79. The van der Waals surface area contributed by atoms with Gasteiger partial charge in [0.1, 0.15) is 5.75 Å². The third-order valence-corrected chi connectivity index (χ3v) is 2.87. The van der Waals surface area contributed by atoms with Gasteiger partial charge < -0.3 is 15.4 Å². The third-order valence-electron chi connectivity index (χ3n) is 2.87. The molecule has 0 saturated heterocycles. The SMILES string of the molecule is CCNC(C)(C)C(=O)Nc1ccc(OC)cc1C. The number of amides is 1. The summed E-state index contributed by atoms with van der Waals surface area (Å²) in [6.07, 6.45) is 0. The Kier molecular flexibility index (Phi) is 4.73. The monoisotopic (exact) mass is 250 g/mol. The van der Waals surface area contributed by atoms with Gasteiger partial charge in [-0.2, -0.15) is 0 Å². The third kappa shape index (κ3) is 3.47. The minimum absolute atomic E-state index is 0.0439. The van der Waals surface area contributed by atoms with Crippen LogP contribution in [0.4, 0.5) is 5.69 Å². The number of likely N-dealkylation sites (N-methyl/N-ethyl adjacent to an activating group) is 1. The number of hydrogen-bond acceptors (Lipinski definition) is 3. The number of methoxy groups -OCH3 is 1. The van der Waals surface area contributed by atoms with E-state index in [9.17, 15) is 4.79 Å². The number of ether oxygens (including phenoxy) is 1.